The highest BCUT2D eigenvalue weighted by Gasteiger charge is 2.19. The predicted molar refractivity (Wildman–Crippen MR) is 81.9 cm³/mol. The number of hydrogen-bond donors (Lipinski definition) is 0. The van der Waals surface area contributed by atoms with Crippen molar-refractivity contribution in [2.24, 2.45) is 0 Å². The number of fused-ring (bicyclic) bond motifs is 3. The second kappa shape index (κ2) is 5.05. The summed E-state index contributed by atoms with van der Waals surface area (Å²) in [5.41, 5.74) is 1.60. The lowest BCUT2D eigenvalue weighted by molar-refractivity contribution is 0.0526. The van der Waals surface area contributed by atoms with Crippen LogP contribution in [0, 0.1) is 6.92 Å². The molecule has 0 aliphatic rings. The van der Waals surface area contributed by atoms with Crippen LogP contribution in [0.25, 0.3) is 16.3 Å². The van der Waals surface area contributed by atoms with Gasteiger partial charge in [-0.25, -0.2) is 4.79 Å². The van der Waals surface area contributed by atoms with Crippen LogP contribution in [0.1, 0.15) is 22.8 Å². The van der Waals surface area contributed by atoms with Gasteiger partial charge in [-0.2, -0.15) is 0 Å². The molecule has 2 heterocycles. The lowest BCUT2D eigenvalue weighted by Gasteiger charge is -2.10. The van der Waals surface area contributed by atoms with Crippen molar-refractivity contribution in [1.29, 1.82) is 0 Å². The summed E-state index contributed by atoms with van der Waals surface area (Å²) in [5.74, 6) is -0.574. The van der Waals surface area contributed by atoms with Crippen LogP contribution in [-0.4, -0.2) is 17.0 Å². The molecule has 0 aliphatic heterocycles. The van der Waals surface area contributed by atoms with Gasteiger partial charge in [-0.3, -0.25) is 9.20 Å². The van der Waals surface area contributed by atoms with E-state index in [1.165, 1.54) is 4.40 Å². The Morgan fingerprint density at radius 2 is 2.00 bits per heavy atom. The first-order valence-electron chi connectivity index (χ1n) is 6.84. The zero-order valence-electron chi connectivity index (χ0n) is 11.9. The average Bonchev–Trinajstić information content (AvgIpc) is 2.48. The van der Waals surface area contributed by atoms with Gasteiger partial charge < -0.3 is 4.74 Å². The lowest BCUT2D eigenvalue weighted by Crippen LogP contribution is -2.24. The molecule has 0 atom stereocenters. The average molecular weight is 281 g/mol. The maximum atomic E-state index is 12.6. The first-order valence-corrected chi connectivity index (χ1v) is 6.84. The van der Waals surface area contributed by atoms with E-state index in [0.717, 1.165) is 16.5 Å². The molecule has 0 radical (unpaired) electrons. The maximum Gasteiger partial charge on any atom is 0.344 e. The fraction of sp³-hybridized carbons (Fsp3) is 0.176. The second-order valence-corrected chi connectivity index (χ2v) is 4.91. The Bertz CT molecular complexity index is 909. The van der Waals surface area contributed by atoms with Crippen molar-refractivity contribution in [3.8, 4) is 0 Å². The van der Waals surface area contributed by atoms with Crippen molar-refractivity contribution in [1.82, 2.24) is 4.40 Å². The number of rotatable bonds is 2. The molecule has 4 nitrogen and oxygen atoms in total. The summed E-state index contributed by atoms with van der Waals surface area (Å²) in [5, 5.41) is 1.51. The largest absolute Gasteiger partial charge is 0.462 e. The maximum absolute atomic E-state index is 12.6. The standard InChI is InChI=1S/C17H15NO3/c1-3-21-17(20)15-12-8-7-11(2)10-13(12)14-6-4-5-9-18(14)16(15)19/h4-10H,3H2,1-2H3. The highest BCUT2D eigenvalue weighted by atomic mass is 16.5. The predicted octanol–water partition coefficient (Wildman–Crippen LogP) is 2.94. The van der Waals surface area contributed by atoms with Crippen molar-refractivity contribution in [2.75, 3.05) is 6.61 Å². The quantitative estimate of drug-likeness (QED) is 0.536. The molecule has 0 fully saturated rings. The fourth-order valence-corrected chi connectivity index (χ4v) is 2.56. The number of ether oxygens (including phenoxy) is 1. The number of carbonyl (C=O) groups excluding carboxylic acids is 1. The zero-order valence-corrected chi connectivity index (χ0v) is 11.9. The van der Waals surface area contributed by atoms with Gasteiger partial charge in [0.15, 0.2) is 0 Å². The van der Waals surface area contributed by atoms with E-state index in [1.807, 2.05) is 37.3 Å². The molecular weight excluding hydrogens is 266 g/mol. The molecule has 0 saturated heterocycles. The van der Waals surface area contributed by atoms with Gasteiger partial charge >= 0.3 is 5.97 Å². The molecule has 3 aromatic rings. The Morgan fingerprint density at radius 3 is 2.76 bits per heavy atom. The van der Waals surface area contributed by atoms with Gasteiger partial charge in [0, 0.05) is 17.0 Å². The number of nitrogens with zero attached hydrogens (tertiary/aromatic N) is 1. The highest BCUT2D eigenvalue weighted by Crippen LogP contribution is 2.23. The normalized spacial score (nSPS) is 11.0. The molecule has 0 spiro atoms. The van der Waals surface area contributed by atoms with E-state index in [-0.39, 0.29) is 17.7 Å². The third-order valence-corrected chi connectivity index (χ3v) is 3.49. The van der Waals surface area contributed by atoms with Gasteiger partial charge in [-0.1, -0.05) is 23.8 Å². The molecule has 1 aromatic carbocycles. The first kappa shape index (κ1) is 13.4. The molecular formula is C17H15NO3. The van der Waals surface area contributed by atoms with Gasteiger partial charge in [-0.05, 0) is 32.0 Å². The molecule has 0 N–H and O–H groups in total. The minimum atomic E-state index is -0.574. The molecule has 4 heteroatoms. The summed E-state index contributed by atoms with van der Waals surface area (Å²) in [6.45, 7) is 3.94. The number of carbonyl (C=O) groups is 1. The SMILES string of the molecule is CCOC(=O)c1c(=O)n2ccccc2c2cc(C)ccc12. The smallest absolute Gasteiger partial charge is 0.344 e. The van der Waals surface area contributed by atoms with Gasteiger partial charge in [0.2, 0.25) is 0 Å². The molecule has 0 amide bonds. The van der Waals surface area contributed by atoms with Gasteiger partial charge in [0.25, 0.3) is 5.56 Å². The van der Waals surface area contributed by atoms with Crippen LogP contribution in [-0.2, 0) is 4.74 Å². The van der Waals surface area contributed by atoms with Crippen molar-refractivity contribution >= 4 is 22.3 Å². The second-order valence-electron chi connectivity index (χ2n) is 4.91. The van der Waals surface area contributed by atoms with Crippen molar-refractivity contribution in [3.05, 3.63) is 64.1 Å². The van der Waals surface area contributed by atoms with Gasteiger partial charge in [0.1, 0.15) is 5.56 Å². The number of hydrogen-bond acceptors (Lipinski definition) is 3. The Kier molecular flexibility index (Phi) is 3.22. The fourth-order valence-electron chi connectivity index (χ4n) is 2.56. The number of benzene rings is 1. The zero-order chi connectivity index (χ0) is 15.0. The number of pyridine rings is 2. The molecule has 106 valence electrons. The molecule has 2 aromatic heterocycles. The van der Waals surface area contributed by atoms with E-state index in [1.54, 1.807) is 19.2 Å². The Hall–Kier alpha value is -2.62. The number of aromatic nitrogens is 1. The van der Waals surface area contributed by atoms with Gasteiger partial charge in [-0.15, -0.1) is 0 Å². The van der Waals surface area contributed by atoms with E-state index < -0.39 is 5.97 Å². The van der Waals surface area contributed by atoms with Crippen LogP contribution in [0.15, 0.2) is 47.4 Å². The van der Waals surface area contributed by atoms with E-state index in [9.17, 15) is 9.59 Å². The summed E-state index contributed by atoms with van der Waals surface area (Å²) >= 11 is 0. The Labute approximate surface area is 121 Å². The van der Waals surface area contributed by atoms with Gasteiger partial charge in [0.05, 0.1) is 12.1 Å². The highest BCUT2D eigenvalue weighted by molar-refractivity contribution is 6.08. The summed E-state index contributed by atoms with van der Waals surface area (Å²) < 4.78 is 6.54. The molecule has 3 rings (SSSR count). The number of aryl methyl sites for hydroxylation is 1. The van der Waals surface area contributed by atoms with Crippen molar-refractivity contribution < 1.29 is 9.53 Å². The number of esters is 1. The van der Waals surface area contributed by atoms with E-state index in [0.29, 0.717) is 5.39 Å². The van der Waals surface area contributed by atoms with Crippen molar-refractivity contribution in [3.63, 3.8) is 0 Å². The van der Waals surface area contributed by atoms with Crippen molar-refractivity contribution in [2.45, 2.75) is 13.8 Å². The van der Waals surface area contributed by atoms with Crippen LogP contribution < -0.4 is 5.56 Å². The van der Waals surface area contributed by atoms with E-state index in [4.69, 9.17) is 4.74 Å². The minimum absolute atomic E-state index is 0.0931. The first-order chi connectivity index (χ1) is 10.1. The topological polar surface area (TPSA) is 47.8 Å². The lowest BCUT2D eigenvalue weighted by atomic mass is 10.0. The van der Waals surface area contributed by atoms with Crippen LogP contribution in [0.5, 0.6) is 0 Å². The van der Waals surface area contributed by atoms with Crippen LogP contribution in [0.3, 0.4) is 0 Å². The third kappa shape index (κ3) is 2.09. The summed E-state index contributed by atoms with van der Waals surface area (Å²) in [6, 6.07) is 11.2. The molecule has 0 saturated carbocycles. The Balaban J connectivity index is 2.53. The van der Waals surface area contributed by atoms with E-state index in [2.05, 4.69) is 0 Å². The monoisotopic (exact) mass is 281 g/mol. The minimum Gasteiger partial charge on any atom is -0.462 e. The van der Waals surface area contributed by atoms with Crippen LogP contribution >= 0.6 is 0 Å². The molecule has 0 aliphatic carbocycles. The van der Waals surface area contributed by atoms with E-state index >= 15 is 0 Å². The third-order valence-electron chi connectivity index (χ3n) is 3.49. The summed E-state index contributed by atoms with van der Waals surface area (Å²) in [6.07, 6.45) is 1.67. The van der Waals surface area contributed by atoms with Crippen LogP contribution in [0.4, 0.5) is 0 Å². The van der Waals surface area contributed by atoms with Crippen LogP contribution in [0.2, 0.25) is 0 Å². The summed E-state index contributed by atoms with van der Waals surface area (Å²) in [4.78, 5) is 24.8. The Morgan fingerprint density at radius 1 is 1.19 bits per heavy atom. The molecule has 0 bridgehead atoms. The molecule has 21 heavy (non-hydrogen) atoms. The molecule has 0 unspecified atom stereocenters. The summed E-state index contributed by atoms with van der Waals surface area (Å²) in [7, 11) is 0.